The van der Waals surface area contributed by atoms with Crippen LogP contribution in [0.1, 0.15) is 18.3 Å². The van der Waals surface area contributed by atoms with Gasteiger partial charge in [0.25, 0.3) is 0 Å². The molecule has 0 saturated heterocycles. The predicted molar refractivity (Wildman–Crippen MR) is 120 cm³/mol. The Bertz CT molecular complexity index is 928. The number of nitrogens with zero attached hydrogens (tertiary/aromatic N) is 4. The first-order chi connectivity index (χ1) is 13.2. The Morgan fingerprint density at radius 1 is 1.21 bits per heavy atom. The molecule has 150 valence electrons. The molecule has 0 atom stereocenters. The highest BCUT2D eigenvalue weighted by Crippen LogP contribution is 2.26. The lowest BCUT2D eigenvalue weighted by Gasteiger charge is -2.12. The van der Waals surface area contributed by atoms with Crippen LogP contribution in [-0.4, -0.2) is 45.9 Å². The van der Waals surface area contributed by atoms with E-state index < -0.39 is 0 Å². The van der Waals surface area contributed by atoms with E-state index in [1.165, 1.54) is 0 Å². The fourth-order valence-corrected chi connectivity index (χ4v) is 2.69. The average molecular weight is 496 g/mol. The Labute approximate surface area is 181 Å². The van der Waals surface area contributed by atoms with Crippen molar-refractivity contribution in [3.8, 4) is 11.5 Å². The topological polar surface area (TPSA) is 96.1 Å². The summed E-state index contributed by atoms with van der Waals surface area (Å²) in [6.45, 7) is 3.90. The van der Waals surface area contributed by atoms with Gasteiger partial charge < -0.3 is 20.5 Å². The maximum Gasteiger partial charge on any atom is 0.191 e. The summed E-state index contributed by atoms with van der Waals surface area (Å²) in [5, 5.41) is 24.5. The molecule has 0 unspecified atom stereocenters. The number of hydrogen-bond acceptors (Lipinski definition) is 5. The van der Waals surface area contributed by atoms with Gasteiger partial charge in [0.2, 0.25) is 0 Å². The van der Waals surface area contributed by atoms with Gasteiger partial charge in [-0.2, -0.15) is 0 Å². The Hall–Kier alpha value is -2.56. The van der Waals surface area contributed by atoms with Crippen LogP contribution >= 0.6 is 24.0 Å². The first-order valence-corrected chi connectivity index (χ1v) is 8.88. The summed E-state index contributed by atoms with van der Waals surface area (Å²) in [7, 11) is 1.54. The van der Waals surface area contributed by atoms with Gasteiger partial charge in [-0.05, 0) is 43.2 Å². The highest BCUT2D eigenvalue weighted by atomic mass is 127. The summed E-state index contributed by atoms with van der Waals surface area (Å²) >= 11 is 0. The highest BCUT2D eigenvalue weighted by Gasteiger charge is 2.06. The Kier molecular flexibility index (Phi) is 8.30. The van der Waals surface area contributed by atoms with Crippen molar-refractivity contribution in [3.63, 3.8) is 0 Å². The molecule has 1 aromatic carbocycles. The highest BCUT2D eigenvalue weighted by molar-refractivity contribution is 14.0. The lowest BCUT2D eigenvalue weighted by Crippen LogP contribution is -2.38. The molecule has 8 nitrogen and oxygen atoms in total. The van der Waals surface area contributed by atoms with Gasteiger partial charge in [-0.1, -0.05) is 12.1 Å². The van der Waals surface area contributed by atoms with E-state index in [1.54, 1.807) is 13.2 Å². The molecule has 0 radical (unpaired) electrons. The monoisotopic (exact) mass is 496 g/mol. The number of rotatable bonds is 7. The summed E-state index contributed by atoms with van der Waals surface area (Å²) in [6, 6.07) is 11.1. The largest absolute Gasteiger partial charge is 0.504 e. The van der Waals surface area contributed by atoms with E-state index >= 15 is 0 Å². The second-order valence-corrected chi connectivity index (χ2v) is 5.92. The maximum absolute atomic E-state index is 9.67. The van der Waals surface area contributed by atoms with Gasteiger partial charge in [0.05, 0.1) is 7.11 Å². The van der Waals surface area contributed by atoms with Crippen LogP contribution in [0.4, 0.5) is 0 Å². The van der Waals surface area contributed by atoms with E-state index in [9.17, 15) is 5.11 Å². The predicted octanol–water partition coefficient (Wildman–Crippen LogP) is 2.36. The molecule has 2 aromatic heterocycles. The minimum Gasteiger partial charge on any atom is -0.504 e. The van der Waals surface area contributed by atoms with E-state index in [2.05, 4.69) is 25.8 Å². The van der Waals surface area contributed by atoms with Crippen LogP contribution in [0.3, 0.4) is 0 Å². The van der Waals surface area contributed by atoms with Gasteiger partial charge in [0.1, 0.15) is 6.54 Å². The number of aromatic nitrogens is 3. The molecule has 0 bridgehead atoms. The number of ether oxygens (including phenoxy) is 1. The lowest BCUT2D eigenvalue weighted by atomic mass is 10.1. The molecule has 3 N–H and O–H groups in total. The zero-order chi connectivity index (χ0) is 19.1. The van der Waals surface area contributed by atoms with E-state index in [4.69, 9.17) is 4.74 Å². The van der Waals surface area contributed by atoms with Crippen molar-refractivity contribution in [3.05, 3.63) is 54.0 Å². The van der Waals surface area contributed by atoms with Crippen molar-refractivity contribution in [1.82, 2.24) is 25.2 Å². The van der Waals surface area contributed by atoms with Crippen LogP contribution < -0.4 is 15.4 Å². The van der Waals surface area contributed by atoms with E-state index in [1.807, 2.05) is 47.9 Å². The molecule has 0 aliphatic heterocycles. The zero-order valence-corrected chi connectivity index (χ0v) is 18.3. The van der Waals surface area contributed by atoms with Crippen LogP contribution in [-0.2, 0) is 13.0 Å². The van der Waals surface area contributed by atoms with Crippen LogP contribution in [0.5, 0.6) is 11.5 Å². The third-order valence-corrected chi connectivity index (χ3v) is 4.06. The Morgan fingerprint density at radius 2 is 2.07 bits per heavy atom. The van der Waals surface area contributed by atoms with Crippen molar-refractivity contribution in [2.24, 2.45) is 4.99 Å². The minimum atomic E-state index is 0. The zero-order valence-electron chi connectivity index (χ0n) is 15.9. The second kappa shape index (κ2) is 10.7. The number of aromatic hydroxyl groups is 1. The molecule has 0 amide bonds. The van der Waals surface area contributed by atoms with Crippen molar-refractivity contribution in [2.75, 3.05) is 20.2 Å². The molecular formula is C19H25IN6O2. The molecule has 0 aliphatic carbocycles. The molecule has 0 spiro atoms. The van der Waals surface area contributed by atoms with E-state index in [-0.39, 0.29) is 29.7 Å². The number of hydrogen-bond donors (Lipinski definition) is 3. The first-order valence-electron chi connectivity index (χ1n) is 8.88. The van der Waals surface area contributed by atoms with Crippen LogP contribution in [0, 0.1) is 0 Å². The molecule has 28 heavy (non-hydrogen) atoms. The molecule has 9 heteroatoms. The molecule has 0 saturated carbocycles. The first kappa shape index (κ1) is 21.7. The minimum absolute atomic E-state index is 0. The van der Waals surface area contributed by atoms with Crippen molar-refractivity contribution < 1.29 is 9.84 Å². The van der Waals surface area contributed by atoms with Crippen molar-refractivity contribution in [1.29, 1.82) is 0 Å². The Morgan fingerprint density at radius 3 is 2.86 bits per heavy atom. The number of methoxy groups -OCH3 is 1. The average Bonchev–Trinajstić information content (AvgIpc) is 3.10. The molecule has 0 aliphatic rings. The fraction of sp³-hybridized carbons (Fsp3) is 0.316. The fourth-order valence-electron chi connectivity index (χ4n) is 2.69. The SMILES string of the molecule is CCNC(=NCc1nnc2ccccn12)NCCc1ccc(O)c(OC)c1.I. The number of fused-ring (bicyclic) bond motifs is 1. The maximum atomic E-state index is 9.67. The molecule has 3 rings (SSSR count). The lowest BCUT2D eigenvalue weighted by molar-refractivity contribution is 0.373. The summed E-state index contributed by atoms with van der Waals surface area (Å²) in [5.74, 6) is 2.12. The quantitative estimate of drug-likeness (QED) is 0.264. The number of pyridine rings is 1. The summed E-state index contributed by atoms with van der Waals surface area (Å²) in [4.78, 5) is 4.59. The van der Waals surface area contributed by atoms with Gasteiger partial charge in [0.15, 0.2) is 28.9 Å². The molecule has 3 aromatic rings. The smallest absolute Gasteiger partial charge is 0.191 e. The summed E-state index contributed by atoms with van der Waals surface area (Å²) in [6.07, 6.45) is 2.70. The summed E-state index contributed by atoms with van der Waals surface area (Å²) < 4.78 is 7.07. The summed E-state index contributed by atoms with van der Waals surface area (Å²) in [5.41, 5.74) is 1.87. The molecule has 2 heterocycles. The normalized spacial score (nSPS) is 11.1. The number of halogens is 1. The molecular weight excluding hydrogens is 471 g/mol. The van der Waals surface area contributed by atoms with Gasteiger partial charge in [-0.25, -0.2) is 4.99 Å². The number of guanidine groups is 1. The van der Waals surface area contributed by atoms with Gasteiger partial charge in [0, 0.05) is 19.3 Å². The Balaban J connectivity index is 0.00000280. The third-order valence-electron chi connectivity index (χ3n) is 4.06. The van der Waals surface area contributed by atoms with Crippen molar-refractivity contribution in [2.45, 2.75) is 19.9 Å². The number of nitrogens with one attached hydrogen (secondary N) is 2. The van der Waals surface area contributed by atoms with Crippen LogP contribution in [0.2, 0.25) is 0 Å². The van der Waals surface area contributed by atoms with Crippen LogP contribution in [0.25, 0.3) is 5.65 Å². The number of phenolic OH excluding ortho intramolecular Hbond substituents is 1. The number of phenols is 1. The van der Waals surface area contributed by atoms with Crippen molar-refractivity contribution >= 4 is 35.6 Å². The van der Waals surface area contributed by atoms with Gasteiger partial charge in [-0.3, -0.25) is 4.40 Å². The molecule has 0 fully saturated rings. The third kappa shape index (κ3) is 5.47. The second-order valence-electron chi connectivity index (χ2n) is 5.92. The van der Waals surface area contributed by atoms with Gasteiger partial charge in [-0.15, -0.1) is 34.2 Å². The standard InChI is InChI=1S/C19H24N6O2.HI/c1-3-20-19(21-10-9-14-7-8-15(26)16(12-14)27-2)22-13-18-24-23-17-6-4-5-11-25(17)18;/h4-8,11-12,26H,3,9-10,13H2,1-2H3,(H2,20,21,22);1H. The number of aliphatic imine (C=N–C) groups is 1. The van der Waals surface area contributed by atoms with Crippen LogP contribution in [0.15, 0.2) is 47.6 Å². The van der Waals surface area contributed by atoms with Gasteiger partial charge >= 0.3 is 0 Å². The number of benzene rings is 1. The van der Waals surface area contributed by atoms with E-state index in [0.29, 0.717) is 18.8 Å². The van der Waals surface area contributed by atoms with E-state index in [0.717, 1.165) is 36.0 Å².